The second kappa shape index (κ2) is 8.00. The van der Waals surface area contributed by atoms with Gasteiger partial charge < -0.3 is 10.2 Å². The zero-order valence-corrected chi connectivity index (χ0v) is 12.5. The molecule has 20 heavy (non-hydrogen) atoms. The highest BCUT2D eigenvalue weighted by Crippen LogP contribution is 2.11. The number of aromatic nitrogens is 1. The highest BCUT2D eigenvalue weighted by Gasteiger charge is 2.01. The van der Waals surface area contributed by atoms with Crippen molar-refractivity contribution in [3.8, 4) is 0 Å². The molecule has 0 bridgehead atoms. The van der Waals surface area contributed by atoms with Gasteiger partial charge in [-0.3, -0.25) is 4.98 Å². The largest absolute Gasteiger partial charge is 0.311 e. The molecule has 0 aliphatic carbocycles. The monoisotopic (exact) mass is 289 g/mol. The van der Waals surface area contributed by atoms with Crippen molar-refractivity contribution in [1.82, 2.24) is 15.2 Å². The highest BCUT2D eigenvalue weighted by molar-refractivity contribution is 6.30. The van der Waals surface area contributed by atoms with Gasteiger partial charge in [0, 0.05) is 43.6 Å². The Bertz CT molecular complexity index is 516. The summed E-state index contributed by atoms with van der Waals surface area (Å²) in [7, 11) is 2.12. The molecule has 4 heteroatoms. The molecule has 106 valence electrons. The van der Waals surface area contributed by atoms with E-state index in [-0.39, 0.29) is 0 Å². The molecule has 1 aromatic carbocycles. The van der Waals surface area contributed by atoms with E-state index < -0.39 is 0 Å². The number of nitrogens with zero attached hydrogens (tertiary/aromatic N) is 2. The Morgan fingerprint density at radius 3 is 2.80 bits per heavy atom. The Kier molecular flexibility index (Phi) is 5.99. The van der Waals surface area contributed by atoms with Gasteiger partial charge in [-0.05, 0) is 36.4 Å². The Balaban J connectivity index is 1.66. The SMILES string of the molecule is CN(CCNCc1cccnc1)Cc1cccc(Cl)c1. The Morgan fingerprint density at radius 1 is 1.20 bits per heavy atom. The van der Waals surface area contributed by atoms with Crippen LogP contribution >= 0.6 is 11.6 Å². The molecule has 0 unspecified atom stereocenters. The summed E-state index contributed by atoms with van der Waals surface area (Å²) >= 11 is 5.99. The van der Waals surface area contributed by atoms with Crippen LogP contribution in [0.5, 0.6) is 0 Å². The minimum absolute atomic E-state index is 0.797. The topological polar surface area (TPSA) is 28.2 Å². The molecule has 3 nitrogen and oxygen atoms in total. The summed E-state index contributed by atoms with van der Waals surface area (Å²) in [5.74, 6) is 0. The lowest BCUT2D eigenvalue weighted by atomic mass is 10.2. The van der Waals surface area contributed by atoms with E-state index in [0.29, 0.717) is 0 Å². The van der Waals surface area contributed by atoms with Crippen molar-refractivity contribution < 1.29 is 0 Å². The van der Waals surface area contributed by atoms with Crippen LogP contribution in [0.25, 0.3) is 0 Å². The normalized spacial score (nSPS) is 10.9. The predicted molar refractivity (Wildman–Crippen MR) is 83.7 cm³/mol. The number of hydrogen-bond donors (Lipinski definition) is 1. The molecule has 1 heterocycles. The molecule has 0 saturated carbocycles. The molecule has 0 amide bonds. The second-order valence-electron chi connectivity index (χ2n) is 4.91. The average molecular weight is 290 g/mol. The minimum Gasteiger partial charge on any atom is -0.311 e. The summed E-state index contributed by atoms with van der Waals surface area (Å²) in [6, 6.07) is 12.1. The summed E-state index contributed by atoms with van der Waals surface area (Å²) in [4.78, 5) is 6.38. The van der Waals surface area contributed by atoms with Gasteiger partial charge in [-0.1, -0.05) is 29.8 Å². The van der Waals surface area contributed by atoms with Crippen molar-refractivity contribution in [1.29, 1.82) is 0 Å². The van der Waals surface area contributed by atoms with E-state index in [1.165, 1.54) is 11.1 Å². The molecule has 0 spiro atoms. The van der Waals surface area contributed by atoms with Crippen LogP contribution in [0, 0.1) is 0 Å². The van der Waals surface area contributed by atoms with E-state index in [1.54, 1.807) is 6.20 Å². The summed E-state index contributed by atoms with van der Waals surface area (Å²) in [5, 5.41) is 4.22. The van der Waals surface area contributed by atoms with Crippen LogP contribution in [0.3, 0.4) is 0 Å². The maximum atomic E-state index is 5.99. The third-order valence-electron chi connectivity index (χ3n) is 3.06. The predicted octanol–water partition coefficient (Wildman–Crippen LogP) is 2.96. The lowest BCUT2D eigenvalue weighted by Gasteiger charge is -2.17. The van der Waals surface area contributed by atoms with E-state index in [0.717, 1.165) is 31.2 Å². The number of rotatable bonds is 7. The van der Waals surface area contributed by atoms with Gasteiger partial charge in [0.1, 0.15) is 0 Å². The van der Waals surface area contributed by atoms with E-state index in [1.807, 2.05) is 30.5 Å². The number of likely N-dealkylation sites (N-methyl/N-ethyl adjacent to an activating group) is 1. The van der Waals surface area contributed by atoms with E-state index in [4.69, 9.17) is 11.6 Å². The van der Waals surface area contributed by atoms with Crippen molar-refractivity contribution in [2.75, 3.05) is 20.1 Å². The van der Waals surface area contributed by atoms with Crippen LogP contribution in [0.4, 0.5) is 0 Å². The smallest absolute Gasteiger partial charge is 0.0409 e. The first-order valence-corrected chi connectivity index (χ1v) is 7.14. The third-order valence-corrected chi connectivity index (χ3v) is 3.30. The van der Waals surface area contributed by atoms with Crippen LogP contribution < -0.4 is 5.32 Å². The molecule has 1 N–H and O–H groups in total. The maximum absolute atomic E-state index is 5.99. The fourth-order valence-electron chi connectivity index (χ4n) is 2.03. The van der Waals surface area contributed by atoms with Crippen LogP contribution in [0.1, 0.15) is 11.1 Å². The average Bonchev–Trinajstić information content (AvgIpc) is 2.45. The number of hydrogen-bond acceptors (Lipinski definition) is 3. The Hall–Kier alpha value is -1.42. The quantitative estimate of drug-likeness (QED) is 0.795. The van der Waals surface area contributed by atoms with Gasteiger partial charge in [0.25, 0.3) is 0 Å². The minimum atomic E-state index is 0.797. The third kappa shape index (κ3) is 5.29. The van der Waals surface area contributed by atoms with Gasteiger partial charge in [-0.25, -0.2) is 0 Å². The molecule has 1 aromatic heterocycles. The summed E-state index contributed by atoms with van der Waals surface area (Å²) in [6.45, 7) is 3.71. The van der Waals surface area contributed by atoms with E-state index in [2.05, 4.69) is 34.4 Å². The standard InChI is InChI=1S/C16H20ClN3/c1-20(13-14-4-2-6-16(17)10-14)9-8-19-12-15-5-3-7-18-11-15/h2-7,10-11,19H,8-9,12-13H2,1H3. The number of pyridine rings is 1. The second-order valence-corrected chi connectivity index (χ2v) is 5.34. The zero-order chi connectivity index (χ0) is 14.2. The van der Waals surface area contributed by atoms with Gasteiger partial charge in [0.05, 0.1) is 0 Å². The fraction of sp³-hybridized carbons (Fsp3) is 0.312. The number of nitrogens with one attached hydrogen (secondary N) is 1. The molecule has 0 aliphatic heterocycles. The van der Waals surface area contributed by atoms with Crippen LogP contribution in [-0.4, -0.2) is 30.0 Å². The van der Waals surface area contributed by atoms with Crippen LogP contribution in [-0.2, 0) is 13.1 Å². The molecule has 2 aromatic rings. The van der Waals surface area contributed by atoms with Gasteiger partial charge in [-0.2, -0.15) is 0 Å². The summed E-state index contributed by atoms with van der Waals surface area (Å²) in [5.41, 5.74) is 2.46. The lowest BCUT2D eigenvalue weighted by molar-refractivity contribution is 0.324. The fourth-order valence-corrected chi connectivity index (χ4v) is 2.24. The van der Waals surface area contributed by atoms with Crippen molar-refractivity contribution in [3.05, 3.63) is 64.9 Å². The molecule has 2 rings (SSSR count). The Labute approximate surface area is 125 Å². The molecule has 0 saturated heterocycles. The van der Waals surface area contributed by atoms with E-state index in [9.17, 15) is 0 Å². The maximum Gasteiger partial charge on any atom is 0.0409 e. The van der Waals surface area contributed by atoms with Gasteiger partial charge in [-0.15, -0.1) is 0 Å². The van der Waals surface area contributed by atoms with Gasteiger partial charge >= 0.3 is 0 Å². The molecular weight excluding hydrogens is 270 g/mol. The van der Waals surface area contributed by atoms with Crippen molar-refractivity contribution in [2.45, 2.75) is 13.1 Å². The Morgan fingerprint density at radius 2 is 2.05 bits per heavy atom. The van der Waals surface area contributed by atoms with Gasteiger partial charge in [0.15, 0.2) is 0 Å². The lowest BCUT2D eigenvalue weighted by Crippen LogP contribution is -2.28. The first kappa shape index (κ1) is 15.0. The van der Waals surface area contributed by atoms with Crippen molar-refractivity contribution in [3.63, 3.8) is 0 Å². The van der Waals surface area contributed by atoms with Gasteiger partial charge in [0.2, 0.25) is 0 Å². The summed E-state index contributed by atoms with van der Waals surface area (Å²) < 4.78 is 0. The molecule has 0 fully saturated rings. The highest BCUT2D eigenvalue weighted by atomic mass is 35.5. The van der Waals surface area contributed by atoms with E-state index >= 15 is 0 Å². The van der Waals surface area contributed by atoms with Crippen LogP contribution in [0.15, 0.2) is 48.8 Å². The molecule has 0 aliphatic rings. The number of benzene rings is 1. The van der Waals surface area contributed by atoms with Crippen molar-refractivity contribution in [2.24, 2.45) is 0 Å². The number of halogens is 1. The van der Waals surface area contributed by atoms with Crippen LogP contribution in [0.2, 0.25) is 5.02 Å². The molecular formula is C16H20ClN3. The van der Waals surface area contributed by atoms with Crippen molar-refractivity contribution >= 4 is 11.6 Å². The first-order valence-electron chi connectivity index (χ1n) is 6.76. The zero-order valence-electron chi connectivity index (χ0n) is 11.7. The molecule has 0 atom stereocenters. The summed E-state index contributed by atoms with van der Waals surface area (Å²) in [6.07, 6.45) is 3.69. The first-order chi connectivity index (χ1) is 9.74. The molecule has 0 radical (unpaired) electrons.